The molecule has 0 aliphatic rings. The number of aromatic carboxylic acids is 2. The van der Waals surface area contributed by atoms with Crippen LogP contribution in [0.1, 0.15) is 225 Å². The van der Waals surface area contributed by atoms with E-state index in [9.17, 15) is 18.0 Å². The fourth-order valence-corrected chi connectivity index (χ4v) is 10.7. The molecule has 0 aliphatic heterocycles. The van der Waals surface area contributed by atoms with Gasteiger partial charge in [0.1, 0.15) is 13.1 Å². The maximum absolute atomic E-state index is 12.3. The first-order chi connectivity index (χ1) is 35.1. The SMILES string of the molecule is CCCCCCCCCCCCCCCC[N+](C)(C)Cc1ccccc1.CCCCCCCCCCCCCCCC[N+](C)(C)Cc1ccccc1.O=C(O)c1ccc(S(=O)(=O)c2ccc(C(=O)O)cc2)cc1. The number of carbonyl (C=O) groups is 2. The number of quaternary nitrogens is 2. The first-order valence-corrected chi connectivity index (χ1v) is 30.2. The largest absolute Gasteiger partial charge is 0.478 e. The molecule has 4 aromatic rings. The molecule has 0 spiro atoms. The number of benzene rings is 4. The molecule has 0 heterocycles. The highest BCUT2D eigenvalue weighted by atomic mass is 32.2. The van der Waals surface area contributed by atoms with Gasteiger partial charge in [0.05, 0.1) is 62.2 Å². The minimum Gasteiger partial charge on any atom is -0.478 e. The van der Waals surface area contributed by atoms with Crippen molar-refractivity contribution in [3.8, 4) is 0 Å². The van der Waals surface area contributed by atoms with E-state index in [4.69, 9.17) is 10.2 Å². The van der Waals surface area contributed by atoms with Gasteiger partial charge in [0.15, 0.2) is 0 Å². The molecule has 0 amide bonds. The van der Waals surface area contributed by atoms with Crippen molar-refractivity contribution < 1.29 is 37.2 Å². The molecule has 9 heteroatoms. The summed E-state index contributed by atoms with van der Waals surface area (Å²) < 4.78 is 26.8. The second-order valence-corrected chi connectivity index (χ2v) is 23.9. The second kappa shape index (κ2) is 39.2. The van der Waals surface area contributed by atoms with Crippen LogP contribution in [0.25, 0.3) is 0 Å². The number of carboxylic acids is 2. The van der Waals surface area contributed by atoms with E-state index >= 15 is 0 Å². The molecule has 0 saturated carbocycles. The minimum atomic E-state index is -3.81. The Balaban J connectivity index is 0.000000377. The third kappa shape index (κ3) is 31.9. The number of hydrogen-bond acceptors (Lipinski definition) is 4. The first-order valence-electron chi connectivity index (χ1n) is 28.7. The van der Waals surface area contributed by atoms with Gasteiger partial charge in [0.25, 0.3) is 0 Å². The Bertz CT molecular complexity index is 1940. The van der Waals surface area contributed by atoms with Crippen molar-refractivity contribution >= 4 is 21.8 Å². The van der Waals surface area contributed by atoms with Crippen molar-refractivity contribution in [3.63, 3.8) is 0 Å². The summed E-state index contributed by atoms with van der Waals surface area (Å²) in [5, 5.41) is 17.5. The van der Waals surface area contributed by atoms with E-state index in [2.05, 4.69) is 103 Å². The van der Waals surface area contributed by atoms with Gasteiger partial charge in [0, 0.05) is 11.1 Å². The molecule has 0 atom stereocenters. The summed E-state index contributed by atoms with van der Waals surface area (Å²) in [6.45, 7) is 9.49. The van der Waals surface area contributed by atoms with Crippen LogP contribution in [0.5, 0.6) is 0 Å². The summed E-state index contributed by atoms with van der Waals surface area (Å²) in [5.74, 6) is -2.30. The zero-order valence-corrected chi connectivity index (χ0v) is 47.7. The third-order valence-electron chi connectivity index (χ3n) is 14.0. The van der Waals surface area contributed by atoms with Gasteiger partial charge in [-0.2, -0.15) is 0 Å². The van der Waals surface area contributed by atoms with Gasteiger partial charge in [0.2, 0.25) is 9.84 Å². The predicted molar refractivity (Wildman–Crippen MR) is 307 cm³/mol. The standard InChI is InChI=1S/2C25H46N.C14H10O6S/c2*1-4-5-6-7-8-9-10-11-12-13-14-15-16-20-23-26(2,3)24-25-21-18-17-19-22-25;15-13(16)9-1-5-11(6-2-9)21(19,20)12-7-3-10(4-8-12)14(17)18/h2*17-19,21-22H,4-16,20,23-24H2,1-3H3;1-8H,(H,15,16)(H,17,18)/q2*+1;. The van der Waals surface area contributed by atoms with Crippen molar-refractivity contribution in [2.75, 3.05) is 41.3 Å². The number of carboxylic acid groups (broad SMARTS) is 2. The van der Waals surface area contributed by atoms with Crippen molar-refractivity contribution in [3.05, 3.63) is 131 Å². The number of hydrogen-bond donors (Lipinski definition) is 2. The topological polar surface area (TPSA) is 109 Å². The minimum absolute atomic E-state index is 0.0184. The van der Waals surface area contributed by atoms with E-state index < -0.39 is 21.8 Å². The maximum Gasteiger partial charge on any atom is 0.335 e. The van der Waals surface area contributed by atoms with Crippen LogP contribution in [0.2, 0.25) is 0 Å². The lowest BCUT2D eigenvalue weighted by molar-refractivity contribution is -0.903. The molecule has 0 bridgehead atoms. The molecule has 8 nitrogen and oxygen atoms in total. The van der Waals surface area contributed by atoms with Crippen LogP contribution in [-0.4, -0.2) is 80.8 Å². The van der Waals surface area contributed by atoms with Crippen molar-refractivity contribution in [1.82, 2.24) is 0 Å². The molecular weight excluding hydrogens is 925 g/mol. The van der Waals surface area contributed by atoms with Crippen LogP contribution in [0.15, 0.2) is 119 Å². The molecule has 0 saturated heterocycles. The van der Waals surface area contributed by atoms with Gasteiger partial charge in [-0.15, -0.1) is 0 Å². The average Bonchev–Trinajstić information content (AvgIpc) is 3.37. The molecular formula is C64H102N2O6S+2. The van der Waals surface area contributed by atoms with Crippen LogP contribution in [-0.2, 0) is 22.9 Å². The predicted octanol–water partition coefficient (Wildman–Crippen LogP) is 17.4. The Hall–Kier alpha value is -4.31. The molecule has 0 radical (unpaired) electrons. The fourth-order valence-electron chi connectivity index (χ4n) is 9.47. The Labute approximate surface area is 446 Å². The van der Waals surface area contributed by atoms with Gasteiger partial charge in [-0.25, -0.2) is 18.0 Å². The summed E-state index contributed by atoms with van der Waals surface area (Å²) in [5.41, 5.74) is 2.89. The summed E-state index contributed by atoms with van der Waals surface area (Å²) in [6.07, 6.45) is 40.4. The number of nitrogens with zero attached hydrogens (tertiary/aromatic N) is 2. The van der Waals surface area contributed by atoms with Gasteiger partial charge in [-0.05, 0) is 74.2 Å². The quantitative estimate of drug-likeness (QED) is 0.0342. The monoisotopic (exact) mass is 1030 g/mol. The van der Waals surface area contributed by atoms with E-state index in [1.165, 1.54) is 253 Å². The summed E-state index contributed by atoms with van der Waals surface area (Å²) >= 11 is 0. The Morgan fingerprint density at radius 1 is 0.356 bits per heavy atom. The molecule has 0 aromatic heterocycles. The van der Waals surface area contributed by atoms with Crippen molar-refractivity contribution in [2.24, 2.45) is 0 Å². The second-order valence-electron chi connectivity index (χ2n) is 22.0. The number of unbranched alkanes of at least 4 members (excludes halogenated alkanes) is 26. The highest BCUT2D eigenvalue weighted by molar-refractivity contribution is 7.91. The van der Waals surface area contributed by atoms with Crippen LogP contribution >= 0.6 is 0 Å². The Morgan fingerprint density at radius 2 is 0.589 bits per heavy atom. The molecule has 73 heavy (non-hydrogen) atoms. The zero-order valence-electron chi connectivity index (χ0n) is 46.8. The summed E-state index contributed by atoms with van der Waals surface area (Å²) in [4.78, 5) is 21.3. The van der Waals surface area contributed by atoms with E-state index in [0.717, 1.165) is 22.1 Å². The summed E-state index contributed by atoms with van der Waals surface area (Å²) in [7, 11) is 5.67. The Kier molecular flexibility index (Phi) is 34.8. The van der Waals surface area contributed by atoms with E-state index in [1.807, 2.05) is 0 Å². The molecule has 0 fully saturated rings. The van der Waals surface area contributed by atoms with Gasteiger partial charge in [-0.1, -0.05) is 229 Å². The normalized spacial score (nSPS) is 11.6. The van der Waals surface area contributed by atoms with E-state index in [-0.39, 0.29) is 20.9 Å². The van der Waals surface area contributed by atoms with Crippen LogP contribution in [0.4, 0.5) is 0 Å². The average molecular weight is 1030 g/mol. The van der Waals surface area contributed by atoms with E-state index in [1.54, 1.807) is 0 Å². The highest BCUT2D eigenvalue weighted by Gasteiger charge is 2.19. The number of rotatable bonds is 38. The van der Waals surface area contributed by atoms with E-state index in [0.29, 0.717) is 0 Å². The first kappa shape index (κ1) is 64.8. The smallest absolute Gasteiger partial charge is 0.335 e. The van der Waals surface area contributed by atoms with Gasteiger partial charge >= 0.3 is 11.9 Å². The molecule has 408 valence electrons. The van der Waals surface area contributed by atoms with Gasteiger partial charge < -0.3 is 19.2 Å². The molecule has 4 rings (SSSR count). The van der Waals surface area contributed by atoms with Crippen LogP contribution < -0.4 is 0 Å². The molecule has 0 aliphatic carbocycles. The van der Waals surface area contributed by atoms with Crippen molar-refractivity contribution in [1.29, 1.82) is 0 Å². The zero-order chi connectivity index (χ0) is 53.5. The molecule has 4 aromatic carbocycles. The lowest BCUT2D eigenvalue weighted by atomic mass is 10.0. The Morgan fingerprint density at radius 3 is 0.822 bits per heavy atom. The molecule has 2 N–H and O–H groups in total. The molecule has 0 unspecified atom stereocenters. The highest BCUT2D eigenvalue weighted by Crippen LogP contribution is 2.22. The van der Waals surface area contributed by atoms with Crippen LogP contribution in [0.3, 0.4) is 0 Å². The fraction of sp³-hybridized carbons (Fsp3) is 0.594. The van der Waals surface area contributed by atoms with Gasteiger partial charge in [-0.3, -0.25) is 0 Å². The van der Waals surface area contributed by atoms with Crippen molar-refractivity contribution in [2.45, 2.75) is 217 Å². The van der Waals surface area contributed by atoms with Crippen LogP contribution in [0, 0.1) is 0 Å². The number of sulfone groups is 1. The lowest BCUT2D eigenvalue weighted by Crippen LogP contribution is -2.39. The summed E-state index contributed by atoms with van der Waals surface area (Å²) in [6, 6.07) is 31.4. The third-order valence-corrected chi connectivity index (χ3v) is 15.7. The maximum atomic E-state index is 12.3. The lowest BCUT2D eigenvalue weighted by Gasteiger charge is -2.30.